The van der Waals surface area contributed by atoms with Gasteiger partial charge in [0.25, 0.3) is 0 Å². The van der Waals surface area contributed by atoms with Crippen molar-refractivity contribution in [2.24, 2.45) is 11.3 Å². The van der Waals surface area contributed by atoms with Crippen LogP contribution in [0, 0.1) is 11.3 Å². The van der Waals surface area contributed by atoms with E-state index in [0.29, 0.717) is 12.6 Å². The van der Waals surface area contributed by atoms with Crippen LogP contribution in [-0.4, -0.2) is 38.8 Å². The molecule has 4 heteroatoms. The van der Waals surface area contributed by atoms with Crippen molar-refractivity contribution in [2.45, 2.75) is 38.6 Å². The standard InChI is InChI=1S/C13H24N2O2/c1-3-4-10-7-11(10)15-12(16)13(9-17-2)5-6-14-8-13/h10-11,14H,3-9H2,1-2H3,(H,15,16). The van der Waals surface area contributed by atoms with Crippen molar-refractivity contribution in [3.8, 4) is 0 Å². The first-order valence-electron chi connectivity index (χ1n) is 6.72. The summed E-state index contributed by atoms with van der Waals surface area (Å²) in [5, 5.41) is 6.47. The van der Waals surface area contributed by atoms with E-state index in [4.69, 9.17) is 4.74 Å². The molecule has 1 amide bonds. The number of hydrogen-bond donors (Lipinski definition) is 2. The van der Waals surface area contributed by atoms with E-state index in [9.17, 15) is 4.79 Å². The number of carbonyl (C=O) groups is 1. The third kappa shape index (κ3) is 2.80. The summed E-state index contributed by atoms with van der Waals surface area (Å²) in [5.74, 6) is 0.908. The summed E-state index contributed by atoms with van der Waals surface area (Å²) in [7, 11) is 1.67. The Kier molecular flexibility index (Phi) is 4.05. The van der Waals surface area contributed by atoms with E-state index < -0.39 is 0 Å². The highest BCUT2D eigenvalue weighted by atomic mass is 16.5. The van der Waals surface area contributed by atoms with Crippen molar-refractivity contribution < 1.29 is 9.53 Å². The Balaban J connectivity index is 1.85. The molecule has 2 N–H and O–H groups in total. The quantitative estimate of drug-likeness (QED) is 0.726. The van der Waals surface area contributed by atoms with Crippen molar-refractivity contribution in [3.05, 3.63) is 0 Å². The van der Waals surface area contributed by atoms with Gasteiger partial charge in [-0.15, -0.1) is 0 Å². The lowest BCUT2D eigenvalue weighted by Gasteiger charge is -2.26. The molecule has 3 unspecified atom stereocenters. The van der Waals surface area contributed by atoms with Crippen LogP contribution in [0.15, 0.2) is 0 Å². The van der Waals surface area contributed by atoms with Gasteiger partial charge in [0.1, 0.15) is 0 Å². The molecule has 0 aromatic carbocycles. The summed E-state index contributed by atoms with van der Waals surface area (Å²) in [6, 6.07) is 0.428. The first-order chi connectivity index (χ1) is 8.22. The summed E-state index contributed by atoms with van der Waals surface area (Å²) >= 11 is 0. The second kappa shape index (κ2) is 5.36. The van der Waals surface area contributed by atoms with Crippen LogP contribution in [0.4, 0.5) is 0 Å². The molecule has 3 atom stereocenters. The summed E-state index contributed by atoms with van der Waals surface area (Å²) in [4.78, 5) is 12.3. The molecule has 2 aliphatic rings. The van der Waals surface area contributed by atoms with Crippen molar-refractivity contribution in [1.82, 2.24) is 10.6 Å². The van der Waals surface area contributed by atoms with Gasteiger partial charge in [0, 0.05) is 19.7 Å². The Morgan fingerprint density at radius 1 is 1.59 bits per heavy atom. The van der Waals surface area contributed by atoms with Gasteiger partial charge < -0.3 is 15.4 Å². The number of amides is 1. The number of nitrogens with one attached hydrogen (secondary N) is 2. The fourth-order valence-electron chi connectivity index (χ4n) is 2.84. The predicted molar refractivity (Wildman–Crippen MR) is 66.7 cm³/mol. The highest BCUT2D eigenvalue weighted by molar-refractivity contribution is 5.84. The van der Waals surface area contributed by atoms with Crippen molar-refractivity contribution in [2.75, 3.05) is 26.8 Å². The van der Waals surface area contributed by atoms with Crippen molar-refractivity contribution in [1.29, 1.82) is 0 Å². The fraction of sp³-hybridized carbons (Fsp3) is 0.923. The third-order valence-electron chi connectivity index (χ3n) is 4.04. The largest absolute Gasteiger partial charge is 0.384 e. The number of carbonyl (C=O) groups excluding carboxylic acids is 1. The van der Waals surface area contributed by atoms with E-state index in [-0.39, 0.29) is 11.3 Å². The van der Waals surface area contributed by atoms with Gasteiger partial charge in [-0.3, -0.25) is 4.79 Å². The summed E-state index contributed by atoms with van der Waals surface area (Å²) in [5.41, 5.74) is -0.325. The van der Waals surface area contributed by atoms with Crippen molar-refractivity contribution in [3.63, 3.8) is 0 Å². The predicted octanol–water partition coefficient (Wildman–Crippen LogP) is 0.917. The van der Waals surface area contributed by atoms with Crippen LogP contribution in [0.25, 0.3) is 0 Å². The average molecular weight is 240 g/mol. The molecule has 2 fully saturated rings. The molecule has 1 aliphatic heterocycles. The maximum absolute atomic E-state index is 12.3. The molecule has 1 heterocycles. The lowest BCUT2D eigenvalue weighted by molar-refractivity contribution is -0.133. The minimum Gasteiger partial charge on any atom is -0.384 e. The van der Waals surface area contributed by atoms with Gasteiger partial charge in [-0.05, 0) is 31.7 Å². The fourth-order valence-corrected chi connectivity index (χ4v) is 2.84. The van der Waals surface area contributed by atoms with E-state index >= 15 is 0 Å². The van der Waals surface area contributed by atoms with Gasteiger partial charge in [0.2, 0.25) is 5.91 Å². The molecule has 0 bridgehead atoms. The highest BCUT2D eigenvalue weighted by Gasteiger charge is 2.45. The molecule has 0 aromatic rings. The zero-order chi connectivity index (χ0) is 12.3. The number of hydrogen-bond acceptors (Lipinski definition) is 3. The minimum atomic E-state index is -0.325. The topological polar surface area (TPSA) is 50.4 Å². The van der Waals surface area contributed by atoms with Crippen LogP contribution in [0.5, 0.6) is 0 Å². The lowest BCUT2D eigenvalue weighted by Crippen LogP contribution is -2.46. The number of ether oxygens (including phenoxy) is 1. The van der Waals surface area contributed by atoms with Gasteiger partial charge in [-0.1, -0.05) is 13.3 Å². The molecule has 1 aliphatic carbocycles. The maximum Gasteiger partial charge on any atom is 0.230 e. The Hall–Kier alpha value is -0.610. The number of methoxy groups -OCH3 is 1. The Bertz CT molecular complexity index is 275. The molecule has 17 heavy (non-hydrogen) atoms. The zero-order valence-electron chi connectivity index (χ0n) is 10.9. The van der Waals surface area contributed by atoms with Crippen LogP contribution in [-0.2, 0) is 9.53 Å². The molecule has 1 saturated heterocycles. The molecule has 0 radical (unpaired) electrons. The first kappa shape index (κ1) is 12.8. The van der Waals surface area contributed by atoms with E-state index in [2.05, 4.69) is 17.6 Å². The average Bonchev–Trinajstić information content (AvgIpc) is 2.86. The molecular weight excluding hydrogens is 216 g/mol. The second-order valence-corrected chi connectivity index (χ2v) is 5.50. The Morgan fingerprint density at radius 3 is 3.00 bits per heavy atom. The molecule has 98 valence electrons. The monoisotopic (exact) mass is 240 g/mol. The van der Waals surface area contributed by atoms with E-state index in [0.717, 1.165) is 31.8 Å². The molecule has 0 aromatic heterocycles. The van der Waals surface area contributed by atoms with E-state index in [1.54, 1.807) is 7.11 Å². The van der Waals surface area contributed by atoms with Gasteiger partial charge >= 0.3 is 0 Å². The number of rotatable bonds is 6. The van der Waals surface area contributed by atoms with Gasteiger partial charge in [0.05, 0.1) is 12.0 Å². The summed E-state index contributed by atoms with van der Waals surface area (Å²) in [6.07, 6.45) is 4.50. The van der Waals surface area contributed by atoms with Gasteiger partial charge in [-0.25, -0.2) is 0 Å². The summed E-state index contributed by atoms with van der Waals surface area (Å²) in [6.45, 7) is 4.39. The van der Waals surface area contributed by atoms with E-state index in [1.807, 2.05) is 0 Å². The molecular formula is C13H24N2O2. The molecule has 4 nitrogen and oxygen atoms in total. The summed E-state index contributed by atoms with van der Waals surface area (Å²) < 4.78 is 5.23. The normalized spacial score (nSPS) is 35.9. The SMILES string of the molecule is CCCC1CC1NC(=O)C1(COC)CCNC1. The van der Waals surface area contributed by atoms with E-state index in [1.165, 1.54) is 12.8 Å². The van der Waals surface area contributed by atoms with Gasteiger partial charge in [0.15, 0.2) is 0 Å². The zero-order valence-corrected chi connectivity index (χ0v) is 10.9. The molecule has 1 saturated carbocycles. The molecule has 2 rings (SSSR count). The Morgan fingerprint density at radius 2 is 2.41 bits per heavy atom. The minimum absolute atomic E-state index is 0.188. The van der Waals surface area contributed by atoms with Gasteiger partial charge in [-0.2, -0.15) is 0 Å². The van der Waals surface area contributed by atoms with Crippen LogP contribution in [0.2, 0.25) is 0 Å². The Labute approximate surface area is 103 Å². The van der Waals surface area contributed by atoms with Crippen LogP contribution < -0.4 is 10.6 Å². The smallest absolute Gasteiger partial charge is 0.230 e. The first-order valence-corrected chi connectivity index (χ1v) is 6.72. The maximum atomic E-state index is 12.3. The van der Waals surface area contributed by atoms with Crippen LogP contribution >= 0.6 is 0 Å². The highest BCUT2D eigenvalue weighted by Crippen LogP contribution is 2.36. The van der Waals surface area contributed by atoms with Crippen molar-refractivity contribution >= 4 is 5.91 Å². The van der Waals surface area contributed by atoms with Crippen LogP contribution in [0.3, 0.4) is 0 Å². The second-order valence-electron chi connectivity index (χ2n) is 5.50. The lowest BCUT2D eigenvalue weighted by atomic mass is 9.87. The van der Waals surface area contributed by atoms with Crippen LogP contribution in [0.1, 0.15) is 32.6 Å². The molecule has 0 spiro atoms. The third-order valence-corrected chi connectivity index (χ3v) is 4.04.